The summed E-state index contributed by atoms with van der Waals surface area (Å²) in [5.41, 5.74) is 0. The predicted octanol–water partition coefficient (Wildman–Crippen LogP) is -2.55. The van der Waals surface area contributed by atoms with Crippen molar-refractivity contribution in [2.75, 3.05) is 13.2 Å². The van der Waals surface area contributed by atoms with Gasteiger partial charge in [-0.15, -0.1) is 0 Å². The van der Waals surface area contributed by atoms with Crippen LogP contribution in [-0.4, -0.2) is 142 Å². The van der Waals surface area contributed by atoms with Gasteiger partial charge in [-0.25, -0.2) is 0 Å². The first-order chi connectivity index (χ1) is 1.91. The summed E-state index contributed by atoms with van der Waals surface area (Å²) in [5, 5.41) is 15.2. The maximum atomic E-state index is 7.62. The molecule has 0 aliphatic rings. The number of hydrogen-bond acceptors (Lipinski definition) is 2. The van der Waals surface area contributed by atoms with E-state index in [9.17, 15) is 0 Å². The van der Waals surface area contributed by atoms with E-state index in [1.807, 2.05) is 0 Å². The van der Waals surface area contributed by atoms with Gasteiger partial charge < -0.3 is 10.2 Å². The van der Waals surface area contributed by atoms with Crippen molar-refractivity contribution in [3.8, 4) is 0 Å². The third-order valence-corrected chi connectivity index (χ3v) is 0.1000. The van der Waals surface area contributed by atoms with E-state index >= 15 is 0 Å². The summed E-state index contributed by atoms with van der Waals surface area (Å²) in [4.78, 5) is 0. The summed E-state index contributed by atoms with van der Waals surface area (Å²) in [6, 6.07) is 0. The van der Waals surface area contributed by atoms with Gasteiger partial charge in [-0.05, 0) is 0 Å². The van der Waals surface area contributed by atoms with E-state index in [4.69, 9.17) is 10.2 Å². The summed E-state index contributed by atoms with van der Waals surface area (Å²) in [5.74, 6) is 0. The number of aliphatic hydroxyl groups is 2. The van der Waals surface area contributed by atoms with Gasteiger partial charge in [0.05, 0.1) is 13.2 Å². The van der Waals surface area contributed by atoms with E-state index in [0.29, 0.717) is 0 Å². The first kappa shape index (κ1) is 29.7. The Balaban J connectivity index is -0.00000000750. The normalized spacial score (nSPS) is 3.75. The molecule has 0 aromatic rings. The maximum absolute atomic E-state index is 7.62. The molecule has 0 aromatic carbocycles. The van der Waals surface area contributed by atoms with Gasteiger partial charge in [-0.2, -0.15) is 0 Å². The average Bonchev–Trinajstić information content (AvgIpc) is 1.37. The fraction of sp³-hybridized carbons (Fsp3) is 1.00. The molecule has 0 aliphatic heterocycles. The first-order valence-electron chi connectivity index (χ1n) is 1.13. The van der Waals surface area contributed by atoms with Crippen LogP contribution in [0, 0.1) is 0 Å². The molecule has 2 nitrogen and oxygen atoms in total. The molecular weight excluding hydrogens is 148 g/mol. The maximum Gasteiger partial charge on any atom is 0.0662 e. The molecule has 6 heteroatoms. The van der Waals surface area contributed by atoms with Gasteiger partial charge in [0.2, 0.25) is 0 Å². The molecule has 0 atom stereocenters. The molecule has 0 aliphatic carbocycles. The van der Waals surface area contributed by atoms with E-state index in [-0.39, 0.29) is 131 Å². The van der Waals surface area contributed by atoms with Crippen molar-refractivity contribution < 1.29 is 10.2 Å². The van der Waals surface area contributed by atoms with Crippen LogP contribution in [-0.2, 0) is 0 Å². The summed E-state index contributed by atoms with van der Waals surface area (Å²) in [6.07, 6.45) is 0. The topological polar surface area (TPSA) is 40.5 Å². The van der Waals surface area contributed by atoms with Crippen molar-refractivity contribution in [1.82, 2.24) is 0 Å². The number of hydrogen-bond donors (Lipinski definition) is 2. The Bertz CT molecular complexity index is 14.0. The molecule has 0 bridgehead atoms. The molecule has 0 rings (SSSR count). The number of rotatable bonds is 1. The third kappa shape index (κ3) is 32.6. The van der Waals surface area contributed by atoms with Crippen LogP contribution in [0.5, 0.6) is 0 Å². The zero-order valence-corrected chi connectivity index (χ0v) is 14.3. The second-order valence-electron chi connectivity index (χ2n) is 0.447. The molecule has 0 saturated heterocycles. The van der Waals surface area contributed by atoms with Crippen LogP contribution in [0.15, 0.2) is 0 Å². The van der Waals surface area contributed by atoms with Crippen LogP contribution in [0.1, 0.15) is 0 Å². The largest absolute Gasteiger partial charge is 0.394 e. The van der Waals surface area contributed by atoms with Crippen molar-refractivity contribution >= 4 is 118 Å². The van der Waals surface area contributed by atoms with Crippen LogP contribution in [0.2, 0.25) is 0 Å². The van der Waals surface area contributed by atoms with Crippen molar-refractivity contribution in [1.29, 1.82) is 0 Å². The van der Waals surface area contributed by atoms with E-state index in [2.05, 4.69) is 0 Å². The fourth-order valence-corrected chi connectivity index (χ4v) is 0. The predicted molar refractivity (Wildman–Crippen MR) is 37.2 cm³/mol. The van der Waals surface area contributed by atoms with Crippen LogP contribution in [0.25, 0.3) is 0 Å². The minimum Gasteiger partial charge on any atom is -0.394 e. The Kier molecular flexibility index (Phi) is 114. The SMILES string of the molecule is OCCO.[Na].[Na].[Na].[Na]. The summed E-state index contributed by atoms with van der Waals surface area (Å²) in [6.45, 7) is -0.250. The van der Waals surface area contributed by atoms with Gasteiger partial charge in [-0.3, -0.25) is 0 Å². The summed E-state index contributed by atoms with van der Waals surface area (Å²) < 4.78 is 0. The zero-order chi connectivity index (χ0) is 3.41. The van der Waals surface area contributed by atoms with Crippen molar-refractivity contribution in [3.63, 3.8) is 0 Å². The molecule has 0 heterocycles. The van der Waals surface area contributed by atoms with Gasteiger partial charge in [0.15, 0.2) is 0 Å². The molecule has 0 spiro atoms. The smallest absolute Gasteiger partial charge is 0.0662 e. The van der Waals surface area contributed by atoms with Crippen LogP contribution >= 0.6 is 0 Å². The fourth-order valence-electron chi connectivity index (χ4n) is 0. The molecule has 0 amide bonds. The molecule has 0 aromatic heterocycles. The van der Waals surface area contributed by atoms with Crippen molar-refractivity contribution in [2.45, 2.75) is 0 Å². The van der Waals surface area contributed by atoms with Crippen molar-refractivity contribution in [2.24, 2.45) is 0 Å². The monoisotopic (exact) mass is 154 g/mol. The standard InChI is InChI=1S/C2H6O2.4Na/c3-1-2-4;;;;/h3-4H,1-2H2;;;;. The quantitative estimate of drug-likeness (QED) is 0.408. The van der Waals surface area contributed by atoms with Gasteiger partial charge in [0, 0.05) is 118 Å². The van der Waals surface area contributed by atoms with E-state index in [1.54, 1.807) is 0 Å². The van der Waals surface area contributed by atoms with Gasteiger partial charge in [-0.1, -0.05) is 0 Å². The Hall–Kier alpha value is 3.92. The number of aliphatic hydroxyl groups excluding tert-OH is 2. The van der Waals surface area contributed by atoms with Gasteiger partial charge >= 0.3 is 0 Å². The summed E-state index contributed by atoms with van der Waals surface area (Å²) in [7, 11) is 0. The van der Waals surface area contributed by atoms with Crippen LogP contribution < -0.4 is 0 Å². The Morgan fingerprint density at radius 3 is 0.750 bits per heavy atom. The van der Waals surface area contributed by atoms with Crippen LogP contribution in [0.4, 0.5) is 0 Å². The third-order valence-electron chi connectivity index (χ3n) is 0.1000. The second-order valence-corrected chi connectivity index (χ2v) is 0.447. The minimum atomic E-state index is -0.125. The first-order valence-corrected chi connectivity index (χ1v) is 1.13. The molecule has 0 unspecified atom stereocenters. The Morgan fingerprint density at radius 2 is 0.750 bits per heavy atom. The average molecular weight is 154 g/mol. The van der Waals surface area contributed by atoms with Gasteiger partial charge in [0.25, 0.3) is 0 Å². The molecule has 2 N–H and O–H groups in total. The second kappa shape index (κ2) is 30.7. The van der Waals surface area contributed by atoms with E-state index in [0.717, 1.165) is 0 Å². The molecule has 4 radical (unpaired) electrons. The Labute approximate surface area is 138 Å². The summed E-state index contributed by atoms with van der Waals surface area (Å²) >= 11 is 0. The van der Waals surface area contributed by atoms with Crippen LogP contribution in [0.3, 0.4) is 0 Å². The molecule has 8 heavy (non-hydrogen) atoms. The minimum absolute atomic E-state index is 0. The van der Waals surface area contributed by atoms with E-state index < -0.39 is 0 Å². The molecule has 0 saturated carbocycles. The molecule has 0 fully saturated rings. The molecular formula is C2H6Na4O2. The zero-order valence-electron chi connectivity index (χ0n) is 6.31. The van der Waals surface area contributed by atoms with E-state index in [1.165, 1.54) is 0 Å². The molecule has 30 valence electrons. The Morgan fingerprint density at radius 1 is 0.625 bits per heavy atom. The van der Waals surface area contributed by atoms with Gasteiger partial charge in [0.1, 0.15) is 0 Å². The van der Waals surface area contributed by atoms with Crippen molar-refractivity contribution in [3.05, 3.63) is 0 Å².